The van der Waals surface area contributed by atoms with Crippen molar-refractivity contribution in [3.8, 4) is 0 Å². The molecule has 0 aromatic rings. The monoisotopic (exact) mass is 255 g/mol. The second-order valence-corrected chi connectivity index (χ2v) is 6.14. The molecule has 2 N–H and O–H groups in total. The molecule has 0 aromatic carbocycles. The third-order valence-corrected chi connectivity index (χ3v) is 3.19. The molecule has 0 bridgehead atoms. The van der Waals surface area contributed by atoms with Gasteiger partial charge in [0, 0.05) is 19.5 Å². The van der Waals surface area contributed by atoms with Gasteiger partial charge in [0.25, 0.3) is 0 Å². The van der Waals surface area contributed by atoms with Gasteiger partial charge in [-0.3, -0.25) is 10.2 Å². The molecule has 1 unspecified atom stereocenters. The van der Waals surface area contributed by atoms with Crippen molar-refractivity contribution in [2.45, 2.75) is 51.2 Å². The first-order valence-electron chi connectivity index (χ1n) is 6.34. The maximum Gasteiger partial charge on any atom is 0.410 e. The van der Waals surface area contributed by atoms with Gasteiger partial charge >= 0.3 is 6.09 Å². The highest BCUT2D eigenvalue weighted by atomic mass is 16.6. The lowest BCUT2D eigenvalue weighted by Crippen LogP contribution is -2.57. The smallest absolute Gasteiger partial charge is 0.410 e. The highest BCUT2D eigenvalue weighted by Gasteiger charge is 2.43. The lowest BCUT2D eigenvalue weighted by molar-refractivity contribution is -0.119. The average Bonchev–Trinajstić information content (AvgIpc) is 2.57. The SMILES string of the molecule is CC(C)(C)OC(=O)N1CCCC2(CC(=O)NN2)C1. The topological polar surface area (TPSA) is 70.7 Å². The molecule has 102 valence electrons. The maximum atomic E-state index is 12.0. The van der Waals surface area contributed by atoms with Crippen molar-refractivity contribution in [3.05, 3.63) is 0 Å². The molecule has 2 heterocycles. The highest BCUT2D eigenvalue weighted by molar-refractivity contribution is 5.79. The van der Waals surface area contributed by atoms with Crippen molar-refractivity contribution in [2.75, 3.05) is 13.1 Å². The molecular weight excluding hydrogens is 234 g/mol. The zero-order valence-electron chi connectivity index (χ0n) is 11.2. The summed E-state index contributed by atoms with van der Waals surface area (Å²) in [5.41, 5.74) is 4.84. The third kappa shape index (κ3) is 2.93. The van der Waals surface area contributed by atoms with Gasteiger partial charge < -0.3 is 9.64 Å². The Bertz CT molecular complexity index is 364. The van der Waals surface area contributed by atoms with Crippen LogP contribution in [0.5, 0.6) is 0 Å². The highest BCUT2D eigenvalue weighted by Crippen LogP contribution is 2.27. The number of rotatable bonds is 0. The molecule has 0 aromatic heterocycles. The Morgan fingerprint density at radius 2 is 2.17 bits per heavy atom. The molecule has 18 heavy (non-hydrogen) atoms. The fourth-order valence-electron chi connectivity index (χ4n) is 2.46. The van der Waals surface area contributed by atoms with Crippen LogP contribution in [0.15, 0.2) is 0 Å². The molecule has 6 heteroatoms. The Balaban J connectivity index is 1.99. The van der Waals surface area contributed by atoms with E-state index < -0.39 is 5.60 Å². The molecule has 2 aliphatic rings. The lowest BCUT2D eigenvalue weighted by Gasteiger charge is -2.39. The van der Waals surface area contributed by atoms with Gasteiger partial charge in [0.2, 0.25) is 5.91 Å². The van der Waals surface area contributed by atoms with Gasteiger partial charge in [-0.15, -0.1) is 0 Å². The van der Waals surface area contributed by atoms with E-state index in [-0.39, 0.29) is 17.5 Å². The van der Waals surface area contributed by atoms with Gasteiger partial charge in [0.05, 0.1) is 5.54 Å². The standard InChI is InChI=1S/C12H21N3O3/c1-11(2,3)18-10(17)15-6-4-5-12(8-15)7-9(16)13-14-12/h14H,4-8H2,1-3H3,(H,13,16). The molecule has 1 spiro atoms. The normalized spacial score (nSPS) is 28.4. The van der Waals surface area contributed by atoms with E-state index in [1.54, 1.807) is 4.90 Å². The van der Waals surface area contributed by atoms with Crippen LogP contribution in [0.1, 0.15) is 40.0 Å². The van der Waals surface area contributed by atoms with Gasteiger partial charge in [0.1, 0.15) is 5.60 Å². The van der Waals surface area contributed by atoms with E-state index in [4.69, 9.17) is 4.74 Å². The molecule has 2 rings (SSSR count). The average molecular weight is 255 g/mol. The molecule has 2 saturated heterocycles. The van der Waals surface area contributed by atoms with Crippen LogP contribution in [0.2, 0.25) is 0 Å². The van der Waals surface area contributed by atoms with E-state index in [0.29, 0.717) is 19.5 Å². The minimum Gasteiger partial charge on any atom is -0.444 e. The minimum absolute atomic E-state index is 0.0129. The summed E-state index contributed by atoms with van der Waals surface area (Å²) < 4.78 is 5.36. The van der Waals surface area contributed by atoms with Crippen LogP contribution < -0.4 is 10.9 Å². The van der Waals surface area contributed by atoms with Crippen molar-refractivity contribution in [1.29, 1.82) is 0 Å². The fraction of sp³-hybridized carbons (Fsp3) is 0.833. The first-order chi connectivity index (χ1) is 8.30. The van der Waals surface area contributed by atoms with E-state index in [1.165, 1.54) is 0 Å². The van der Waals surface area contributed by atoms with Crippen LogP contribution in [-0.4, -0.2) is 41.1 Å². The predicted molar refractivity (Wildman–Crippen MR) is 65.7 cm³/mol. The quantitative estimate of drug-likeness (QED) is 0.671. The lowest BCUT2D eigenvalue weighted by atomic mass is 9.88. The van der Waals surface area contributed by atoms with E-state index in [1.807, 2.05) is 20.8 Å². The number of amides is 2. The zero-order valence-corrected chi connectivity index (χ0v) is 11.2. The number of piperidine rings is 1. The number of hydrogen-bond acceptors (Lipinski definition) is 4. The van der Waals surface area contributed by atoms with Crippen LogP contribution in [0.25, 0.3) is 0 Å². The van der Waals surface area contributed by atoms with E-state index >= 15 is 0 Å². The number of nitrogens with one attached hydrogen (secondary N) is 2. The molecule has 0 aliphatic carbocycles. The van der Waals surface area contributed by atoms with Crippen molar-refractivity contribution in [1.82, 2.24) is 15.8 Å². The molecule has 2 amide bonds. The summed E-state index contributed by atoms with van der Waals surface area (Å²) in [5, 5.41) is 0. The summed E-state index contributed by atoms with van der Waals surface area (Å²) in [7, 11) is 0. The number of carbonyl (C=O) groups is 2. The zero-order chi connectivity index (χ0) is 13.4. The maximum absolute atomic E-state index is 12.0. The van der Waals surface area contributed by atoms with Gasteiger partial charge in [-0.25, -0.2) is 10.2 Å². The Morgan fingerprint density at radius 1 is 1.44 bits per heavy atom. The summed E-state index contributed by atoms with van der Waals surface area (Å²) >= 11 is 0. The van der Waals surface area contributed by atoms with E-state index in [0.717, 1.165) is 12.8 Å². The second-order valence-electron chi connectivity index (χ2n) is 6.14. The summed E-state index contributed by atoms with van der Waals surface area (Å²) in [4.78, 5) is 25.0. The molecule has 0 radical (unpaired) electrons. The van der Waals surface area contributed by atoms with Crippen LogP contribution in [0.3, 0.4) is 0 Å². The van der Waals surface area contributed by atoms with Crippen molar-refractivity contribution in [2.24, 2.45) is 0 Å². The fourth-order valence-corrected chi connectivity index (χ4v) is 2.46. The Labute approximate surface area is 107 Å². The summed E-state index contributed by atoms with van der Waals surface area (Å²) in [5.74, 6) is -0.0129. The molecule has 2 fully saturated rings. The molecule has 2 aliphatic heterocycles. The van der Waals surface area contributed by atoms with Crippen molar-refractivity contribution >= 4 is 12.0 Å². The van der Waals surface area contributed by atoms with E-state index in [9.17, 15) is 9.59 Å². The van der Waals surface area contributed by atoms with Crippen LogP contribution in [0, 0.1) is 0 Å². The van der Waals surface area contributed by atoms with Gasteiger partial charge in [0.15, 0.2) is 0 Å². The Morgan fingerprint density at radius 3 is 2.72 bits per heavy atom. The second kappa shape index (κ2) is 4.42. The summed E-state index contributed by atoms with van der Waals surface area (Å²) in [6, 6.07) is 0. The summed E-state index contributed by atoms with van der Waals surface area (Å²) in [6.45, 7) is 6.75. The van der Waals surface area contributed by atoms with Gasteiger partial charge in [-0.05, 0) is 33.6 Å². The number of hydrazine groups is 1. The third-order valence-electron chi connectivity index (χ3n) is 3.19. The van der Waals surface area contributed by atoms with Crippen molar-refractivity contribution < 1.29 is 14.3 Å². The number of ether oxygens (including phenoxy) is 1. The van der Waals surface area contributed by atoms with Crippen LogP contribution in [0.4, 0.5) is 4.79 Å². The molecular formula is C12H21N3O3. The Kier molecular flexibility index (Phi) is 3.23. The minimum atomic E-state index is -0.487. The van der Waals surface area contributed by atoms with E-state index in [2.05, 4.69) is 10.9 Å². The first kappa shape index (κ1) is 13.1. The predicted octanol–water partition coefficient (Wildman–Crippen LogP) is 0.781. The number of likely N-dealkylation sites (tertiary alicyclic amines) is 1. The number of hydrogen-bond donors (Lipinski definition) is 2. The van der Waals surface area contributed by atoms with Crippen molar-refractivity contribution in [3.63, 3.8) is 0 Å². The van der Waals surface area contributed by atoms with Gasteiger partial charge in [-0.1, -0.05) is 0 Å². The summed E-state index contributed by atoms with van der Waals surface area (Å²) in [6.07, 6.45) is 1.89. The number of carbonyl (C=O) groups excluding carboxylic acids is 2. The molecule has 1 atom stereocenters. The van der Waals surface area contributed by atoms with Crippen LogP contribution in [-0.2, 0) is 9.53 Å². The van der Waals surface area contributed by atoms with Gasteiger partial charge in [-0.2, -0.15) is 0 Å². The first-order valence-corrected chi connectivity index (χ1v) is 6.34. The molecule has 0 saturated carbocycles. The largest absolute Gasteiger partial charge is 0.444 e. The Hall–Kier alpha value is -1.30. The van der Waals surface area contributed by atoms with Crippen LogP contribution >= 0.6 is 0 Å². The molecule has 6 nitrogen and oxygen atoms in total. The number of nitrogens with zero attached hydrogens (tertiary/aromatic N) is 1.